The van der Waals surface area contributed by atoms with Crippen molar-refractivity contribution in [2.45, 2.75) is 208 Å². The van der Waals surface area contributed by atoms with Crippen LogP contribution in [-0.4, -0.2) is 25.5 Å². The van der Waals surface area contributed by atoms with Crippen LogP contribution in [0.2, 0.25) is 0 Å². The fourth-order valence-electron chi connectivity index (χ4n) is 12.8. The molecule has 0 atom stereocenters. The first kappa shape index (κ1) is 57.8. The molecule has 2 aliphatic carbocycles. The molecule has 4 heteroatoms. The third-order valence-corrected chi connectivity index (χ3v) is 21.1. The Labute approximate surface area is 465 Å². The first-order valence-corrected chi connectivity index (χ1v) is 31.3. The molecule has 396 valence electrons. The van der Waals surface area contributed by atoms with Gasteiger partial charge in [-0.3, -0.25) is 0 Å². The summed E-state index contributed by atoms with van der Waals surface area (Å²) in [5.41, 5.74) is 24.5. The first-order valence-electron chi connectivity index (χ1n) is 28.7. The number of hydrogen-bond acceptors (Lipinski definition) is 2. The van der Waals surface area contributed by atoms with Crippen molar-refractivity contribution < 1.29 is 9.47 Å². The number of halogens is 1. The molecule has 74 heavy (non-hydrogen) atoms. The summed E-state index contributed by atoms with van der Waals surface area (Å²) in [4.78, 5) is 0. The minimum Gasteiger partial charge on any atom is -0.496 e. The molecular formula is C70H92IO2P. The van der Waals surface area contributed by atoms with Crippen LogP contribution in [0, 0.1) is 17.4 Å². The Morgan fingerprint density at radius 3 is 1.12 bits per heavy atom. The Balaban J connectivity index is 0.000000228. The van der Waals surface area contributed by atoms with Gasteiger partial charge >= 0.3 is 0 Å². The van der Waals surface area contributed by atoms with Gasteiger partial charge in [0.25, 0.3) is 0 Å². The number of aryl methyl sites for hydroxylation is 2. The van der Waals surface area contributed by atoms with Gasteiger partial charge in [-0.15, -0.1) is 0 Å². The number of rotatable bonds is 15. The molecule has 0 N–H and O–H groups in total. The molecule has 0 heterocycles. The van der Waals surface area contributed by atoms with E-state index < -0.39 is 0 Å². The molecule has 6 aromatic rings. The topological polar surface area (TPSA) is 18.5 Å². The summed E-state index contributed by atoms with van der Waals surface area (Å²) >= 11 is 2.47. The Morgan fingerprint density at radius 2 is 0.757 bits per heavy atom. The molecule has 0 radical (unpaired) electrons. The minimum absolute atomic E-state index is 0.352. The number of hydrogen-bond donors (Lipinski definition) is 0. The smallest absolute Gasteiger partial charge is 0.132 e. The standard InChI is InChI=1S/C41H57OP.C29H35IO/c1-27(2)34-26-35(28(3)4)40(37(29(5)6)39(34)31-18-12-9-13-19-31)38-30(7)24-25-36(42-8)41(38)43(32-20-14-10-15-21-32)33-22-16-11-17-23-33;1-17(2)22-16-23(18(3)4)28(26-20(7)14-15-24(31-8)29(26)30)25(19(5)6)27(22)21-12-10-9-11-13-21/h9,12-13,18-19,24-29,32-33H,10-11,14-17,20-23H2,1-8H3;9-19H,1-8H3. The lowest BCUT2D eigenvalue weighted by Crippen LogP contribution is -2.29. The zero-order chi connectivity index (χ0) is 53.5. The molecule has 2 fully saturated rings. The van der Waals surface area contributed by atoms with E-state index in [1.54, 1.807) is 18.0 Å². The van der Waals surface area contributed by atoms with Crippen LogP contribution in [0.5, 0.6) is 11.5 Å². The first-order chi connectivity index (χ1) is 35.4. The van der Waals surface area contributed by atoms with Gasteiger partial charge in [-0.1, -0.05) is 214 Å². The van der Waals surface area contributed by atoms with Gasteiger partial charge in [-0.25, -0.2) is 0 Å². The van der Waals surface area contributed by atoms with E-state index in [4.69, 9.17) is 9.47 Å². The van der Waals surface area contributed by atoms with Crippen molar-refractivity contribution >= 4 is 35.8 Å². The molecule has 0 saturated heterocycles. The van der Waals surface area contributed by atoms with Crippen molar-refractivity contribution in [2.24, 2.45) is 0 Å². The van der Waals surface area contributed by atoms with Gasteiger partial charge in [-0.05, 0) is 205 Å². The van der Waals surface area contributed by atoms with E-state index in [0.717, 1.165) is 22.8 Å². The third-order valence-electron chi connectivity index (χ3n) is 16.4. The van der Waals surface area contributed by atoms with Crippen molar-refractivity contribution in [2.75, 3.05) is 14.2 Å². The monoisotopic (exact) mass is 1120 g/mol. The molecule has 2 saturated carbocycles. The average Bonchev–Trinajstić information content (AvgIpc) is 3.39. The van der Waals surface area contributed by atoms with E-state index in [2.05, 4.69) is 217 Å². The molecule has 0 spiro atoms. The van der Waals surface area contributed by atoms with Gasteiger partial charge in [0.2, 0.25) is 0 Å². The van der Waals surface area contributed by atoms with Crippen LogP contribution in [0.25, 0.3) is 44.5 Å². The van der Waals surface area contributed by atoms with Crippen LogP contribution in [0.3, 0.4) is 0 Å². The summed E-state index contributed by atoms with van der Waals surface area (Å²) < 4.78 is 13.3. The van der Waals surface area contributed by atoms with Crippen molar-refractivity contribution in [3.63, 3.8) is 0 Å². The van der Waals surface area contributed by atoms with E-state index >= 15 is 0 Å². The van der Waals surface area contributed by atoms with Gasteiger partial charge in [0.15, 0.2) is 0 Å². The highest BCUT2D eigenvalue weighted by atomic mass is 127. The van der Waals surface area contributed by atoms with Gasteiger partial charge in [0.1, 0.15) is 11.5 Å². The Hall–Kier alpha value is -3.92. The van der Waals surface area contributed by atoms with Crippen molar-refractivity contribution in [3.05, 3.63) is 145 Å². The molecule has 0 aliphatic heterocycles. The van der Waals surface area contributed by atoms with Crippen molar-refractivity contribution in [3.8, 4) is 56.0 Å². The Kier molecular flexibility index (Phi) is 20.3. The van der Waals surface area contributed by atoms with Crippen LogP contribution >= 0.6 is 30.5 Å². The van der Waals surface area contributed by atoms with Crippen LogP contribution < -0.4 is 14.8 Å². The lowest BCUT2D eigenvalue weighted by atomic mass is 9.75. The maximum Gasteiger partial charge on any atom is 0.132 e. The zero-order valence-corrected chi connectivity index (χ0v) is 51.6. The second kappa shape index (κ2) is 25.9. The summed E-state index contributed by atoms with van der Waals surface area (Å²) in [5.74, 6) is 4.65. The summed E-state index contributed by atoms with van der Waals surface area (Å²) in [6, 6.07) is 36.2. The van der Waals surface area contributed by atoms with Gasteiger partial charge < -0.3 is 9.47 Å². The molecule has 2 aliphatic rings. The fraction of sp³-hybridized carbons (Fsp3) is 0.486. The largest absolute Gasteiger partial charge is 0.496 e. The number of benzene rings is 6. The van der Waals surface area contributed by atoms with E-state index in [1.807, 2.05) is 7.11 Å². The summed E-state index contributed by atoms with van der Waals surface area (Å²) in [5, 5.41) is 1.61. The molecule has 2 nitrogen and oxygen atoms in total. The molecule has 0 aromatic heterocycles. The molecule has 0 unspecified atom stereocenters. The quantitative estimate of drug-likeness (QED) is 0.0754. The molecular weight excluding hydrogens is 1030 g/mol. The predicted octanol–water partition coefficient (Wildman–Crippen LogP) is 21.8. The van der Waals surface area contributed by atoms with Crippen LogP contribution in [0.4, 0.5) is 0 Å². The molecule has 0 bridgehead atoms. The normalized spacial score (nSPS) is 14.8. The highest BCUT2D eigenvalue weighted by molar-refractivity contribution is 14.1. The average molecular weight is 1120 g/mol. The minimum atomic E-state index is -0.352. The second-order valence-electron chi connectivity index (χ2n) is 23.7. The van der Waals surface area contributed by atoms with E-state index in [-0.39, 0.29) is 7.92 Å². The van der Waals surface area contributed by atoms with Crippen LogP contribution in [-0.2, 0) is 0 Å². The Bertz CT molecular complexity index is 2790. The Morgan fingerprint density at radius 1 is 0.405 bits per heavy atom. The third kappa shape index (κ3) is 12.3. The van der Waals surface area contributed by atoms with Crippen LogP contribution in [0.15, 0.2) is 97.1 Å². The summed E-state index contributed by atoms with van der Waals surface area (Å²) in [6.07, 6.45) is 14.0. The lowest BCUT2D eigenvalue weighted by Gasteiger charge is -2.41. The maximum absolute atomic E-state index is 6.42. The zero-order valence-electron chi connectivity index (χ0n) is 48.6. The van der Waals surface area contributed by atoms with Crippen LogP contribution in [0.1, 0.15) is 227 Å². The van der Waals surface area contributed by atoms with Gasteiger partial charge in [-0.2, -0.15) is 0 Å². The summed E-state index contributed by atoms with van der Waals surface area (Å²) in [6.45, 7) is 33.0. The molecule has 8 rings (SSSR count). The number of methoxy groups -OCH3 is 2. The summed E-state index contributed by atoms with van der Waals surface area (Å²) in [7, 11) is 3.34. The number of ether oxygens (including phenoxy) is 2. The van der Waals surface area contributed by atoms with Gasteiger partial charge in [0.05, 0.1) is 17.8 Å². The SMILES string of the molecule is COc1ccc(C)c(-c2c(C(C)C)cc(C(C)C)c(-c3ccccc3)c2C(C)C)c1I.COc1ccc(C)c(-c2c(C(C)C)cc(C(C)C)c(-c3ccccc3)c2C(C)C)c1P(C1CCCCC1)C1CCCCC1. The second-order valence-corrected chi connectivity index (χ2v) is 27.5. The van der Waals surface area contributed by atoms with Crippen molar-refractivity contribution in [1.29, 1.82) is 0 Å². The maximum atomic E-state index is 6.42. The lowest BCUT2D eigenvalue weighted by molar-refractivity contribution is 0.412. The van der Waals surface area contributed by atoms with Crippen molar-refractivity contribution in [1.82, 2.24) is 0 Å². The van der Waals surface area contributed by atoms with Gasteiger partial charge in [0, 0.05) is 10.9 Å². The molecule has 0 amide bonds. The predicted molar refractivity (Wildman–Crippen MR) is 335 cm³/mol. The molecule has 6 aromatic carbocycles. The van der Waals surface area contributed by atoms with E-state index in [1.165, 1.54) is 151 Å². The van der Waals surface area contributed by atoms with E-state index in [9.17, 15) is 0 Å². The van der Waals surface area contributed by atoms with E-state index in [0.29, 0.717) is 35.5 Å². The highest BCUT2D eigenvalue weighted by Gasteiger charge is 2.38. The fourth-order valence-corrected chi connectivity index (χ4v) is 18.0. The highest BCUT2D eigenvalue weighted by Crippen LogP contribution is 2.60.